The van der Waals surface area contributed by atoms with Gasteiger partial charge in [0, 0.05) is 42.6 Å². The highest BCUT2D eigenvalue weighted by molar-refractivity contribution is 6.35. The van der Waals surface area contributed by atoms with E-state index in [1.54, 1.807) is 6.07 Å². The number of rotatable bonds is 7. The zero-order valence-electron chi connectivity index (χ0n) is 16.5. The topological polar surface area (TPSA) is 56.7 Å². The highest BCUT2D eigenvalue weighted by Gasteiger charge is 2.20. The Morgan fingerprint density at radius 1 is 1.10 bits per heavy atom. The van der Waals surface area contributed by atoms with E-state index < -0.39 is 0 Å². The van der Waals surface area contributed by atoms with Gasteiger partial charge in [0.1, 0.15) is 0 Å². The van der Waals surface area contributed by atoms with Crippen LogP contribution in [0.25, 0.3) is 0 Å². The first-order chi connectivity index (χ1) is 14.1. The molecule has 1 heterocycles. The summed E-state index contributed by atoms with van der Waals surface area (Å²) in [6.07, 6.45) is 1.60. The van der Waals surface area contributed by atoms with Gasteiger partial charge in [-0.3, -0.25) is 4.79 Å². The SMILES string of the molecule is CCNC(=NCc1ccccc1CN1CCCC1=O)NCc1ccc(Cl)cc1Cl. The van der Waals surface area contributed by atoms with E-state index >= 15 is 0 Å². The van der Waals surface area contributed by atoms with Gasteiger partial charge in [0.15, 0.2) is 5.96 Å². The molecule has 2 aromatic rings. The molecule has 2 aromatic carbocycles. The molecule has 1 saturated heterocycles. The molecule has 154 valence electrons. The molecule has 0 radical (unpaired) electrons. The summed E-state index contributed by atoms with van der Waals surface area (Å²) in [6, 6.07) is 13.6. The monoisotopic (exact) mass is 432 g/mol. The third-order valence-corrected chi connectivity index (χ3v) is 5.45. The lowest BCUT2D eigenvalue weighted by Gasteiger charge is -2.18. The Morgan fingerprint density at radius 2 is 1.90 bits per heavy atom. The normalized spacial score (nSPS) is 14.4. The highest BCUT2D eigenvalue weighted by Crippen LogP contribution is 2.21. The fraction of sp³-hybridized carbons (Fsp3) is 0.364. The van der Waals surface area contributed by atoms with Crippen LogP contribution >= 0.6 is 23.2 Å². The van der Waals surface area contributed by atoms with Gasteiger partial charge in [-0.1, -0.05) is 53.5 Å². The molecule has 2 N–H and O–H groups in total. The molecule has 7 heteroatoms. The molecule has 3 rings (SSSR count). The molecule has 0 unspecified atom stereocenters. The summed E-state index contributed by atoms with van der Waals surface area (Å²) in [5.74, 6) is 0.948. The number of hydrogen-bond acceptors (Lipinski definition) is 2. The number of guanidine groups is 1. The minimum absolute atomic E-state index is 0.234. The van der Waals surface area contributed by atoms with E-state index in [1.165, 1.54) is 0 Å². The minimum atomic E-state index is 0.234. The Hall–Kier alpha value is -2.24. The molecule has 5 nitrogen and oxygen atoms in total. The smallest absolute Gasteiger partial charge is 0.222 e. The number of nitrogens with zero attached hydrogens (tertiary/aromatic N) is 2. The van der Waals surface area contributed by atoms with Crippen LogP contribution in [-0.2, 0) is 24.4 Å². The maximum absolute atomic E-state index is 12.0. The number of amides is 1. The van der Waals surface area contributed by atoms with Crippen LogP contribution in [0.3, 0.4) is 0 Å². The van der Waals surface area contributed by atoms with E-state index in [2.05, 4.69) is 22.8 Å². The molecule has 0 saturated carbocycles. The van der Waals surface area contributed by atoms with Crippen molar-refractivity contribution >= 4 is 35.1 Å². The van der Waals surface area contributed by atoms with E-state index in [9.17, 15) is 4.79 Å². The molecule has 1 aliphatic rings. The van der Waals surface area contributed by atoms with Crippen molar-refractivity contribution in [2.45, 2.75) is 39.4 Å². The van der Waals surface area contributed by atoms with Gasteiger partial charge < -0.3 is 15.5 Å². The molecule has 1 fully saturated rings. The Labute approximate surface area is 182 Å². The molecular weight excluding hydrogens is 407 g/mol. The summed E-state index contributed by atoms with van der Waals surface area (Å²) in [7, 11) is 0. The lowest BCUT2D eigenvalue weighted by Crippen LogP contribution is -2.36. The standard InChI is InChI=1S/C22H26Cl2N4O/c1-2-25-22(27-14-17-9-10-19(23)12-20(17)24)26-13-16-6-3-4-7-18(16)15-28-11-5-8-21(28)29/h3-4,6-7,9-10,12H,2,5,8,11,13-15H2,1H3,(H2,25,26,27). The molecule has 0 bridgehead atoms. The predicted octanol–water partition coefficient (Wildman–Crippen LogP) is 4.37. The number of carbonyl (C=O) groups is 1. The first kappa shape index (κ1) is 21.5. The second-order valence-electron chi connectivity index (χ2n) is 6.97. The lowest BCUT2D eigenvalue weighted by atomic mass is 10.1. The summed E-state index contributed by atoms with van der Waals surface area (Å²) in [4.78, 5) is 18.6. The first-order valence-corrected chi connectivity index (χ1v) is 10.6. The Balaban J connectivity index is 1.67. The summed E-state index contributed by atoms with van der Waals surface area (Å²) in [5, 5.41) is 7.82. The van der Waals surface area contributed by atoms with E-state index in [4.69, 9.17) is 28.2 Å². The van der Waals surface area contributed by atoms with Crippen LogP contribution in [0.15, 0.2) is 47.5 Å². The molecule has 0 atom stereocenters. The van der Waals surface area contributed by atoms with Gasteiger partial charge in [0.2, 0.25) is 5.91 Å². The predicted molar refractivity (Wildman–Crippen MR) is 119 cm³/mol. The van der Waals surface area contributed by atoms with E-state index in [1.807, 2.05) is 36.1 Å². The number of nitrogens with one attached hydrogen (secondary N) is 2. The van der Waals surface area contributed by atoms with Crippen LogP contribution in [-0.4, -0.2) is 29.9 Å². The molecule has 0 aromatic heterocycles. The minimum Gasteiger partial charge on any atom is -0.357 e. The summed E-state index contributed by atoms with van der Waals surface area (Å²) in [6.45, 7) is 5.34. The van der Waals surface area contributed by atoms with Crippen molar-refractivity contribution in [2.75, 3.05) is 13.1 Å². The van der Waals surface area contributed by atoms with Gasteiger partial charge in [0.25, 0.3) is 0 Å². The van der Waals surface area contributed by atoms with Crippen LogP contribution in [0.4, 0.5) is 0 Å². The first-order valence-electron chi connectivity index (χ1n) is 9.87. The fourth-order valence-corrected chi connectivity index (χ4v) is 3.77. The summed E-state index contributed by atoms with van der Waals surface area (Å²) < 4.78 is 0. The van der Waals surface area contributed by atoms with Crippen molar-refractivity contribution < 1.29 is 4.79 Å². The van der Waals surface area contributed by atoms with Gasteiger partial charge in [-0.25, -0.2) is 4.99 Å². The molecule has 1 amide bonds. The second-order valence-corrected chi connectivity index (χ2v) is 7.82. The van der Waals surface area contributed by atoms with Crippen molar-refractivity contribution in [3.8, 4) is 0 Å². The highest BCUT2D eigenvalue weighted by atomic mass is 35.5. The zero-order chi connectivity index (χ0) is 20.6. The van der Waals surface area contributed by atoms with E-state index in [0.717, 1.165) is 36.2 Å². The average Bonchev–Trinajstić information content (AvgIpc) is 3.11. The molecule has 0 aliphatic carbocycles. The van der Waals surface area contributed by atoms with Crippen molar-refractivity contribution in [3.05, 3.63) is 69.2 Å². The maximum Gasteiger partial charge on any atom is 0.222 e. The summed E-state index contributed by atoms with van der Waals surface area (Å²) >= 11 is 12.2. The number of benzene rings is 2. The van der Waals surface area contributed by atoms with E-state index in [0.29, 0.717) is 42.1 Å². The van der Waals surface area contributed by atoms with Crippen LogP contribution in [0, 0.1) is 0 Å². The number of likely N-dealkylation sites (tertiary alicyclic amines) is 1. The maximum atomic E-state index is 12.0. The van der Waals surface area contributed by atoms with Crippen LogP contribution in [0.1, 0.15) is 36.5 Å². The Kier molecular flexibility index (Phi) is 7.78. The largest absolute Gasteiger partial charge is 0.357 e. The lowest BCUT2D eigenvalue weighted by molar-refractivity contribution is -0.128. The molecule has 29 heavy (non-hydrogen) atoms. The molecule has 1 aliphatic heterocycles. The number of halogens is 2. The van der Waals surface area contributed by atoms with Crippen LogP contribution < -0.4 is 10.6 Å². The van der Waals surface area contributed by atoms with Gasteiger partial charge >= 0.3 is 0 Å². The van der Waals surface area contributed by atoms with Crippen LogP contribution in [0.5, 0.6) is 0 Å². The third kappa shape index (κ3) is 6.12. The number of carbonyl (C=O) groups excluding carboxylic acids is 1. The summed E-state index contributed by atoms with van der Waals surface area (Å²) in [5.41, 5.74) is 3.21. The van der Waals surface area contributed by atoms with Gasteiger partial charge in [-0.05, 0) is 42.2 Å². The Bertz CT molecular complexity index is 885. The van der Waals surface area contributed by atoms with Gasteiger partial charge in [-0.2, -0.15) is 0 Å². The molecule has 0 spiro atoms. The van der Waals surface area contributed by atoms with Crippen molar-refractivity contribution in [2.24, 2.45) is 4.99 Å². The molecular formula is C22H26Cl2N4O. The van der Waals surface area contributed by atoms with Crippen molar-refractivity contribution in [1.29, 1.82) is 0 Å². The fourth-order valence-electron chi connectivity index (χ4n) is 3.29. The van der Waals surface area contributed by atoms with Crippen LogP contribution in [0.2, 0.25) is 10.0 Å². The third-order valence-electron chi connectivity index (χ3n) is 4.86. The van der Waals surface area contributed by atoms with Gasteiger partial charge in [-0.15, -0.1) is 0 Å². The quantitative estimate of drug-likeness (QED) is 0.504. The number of hydrogen-bond donors (Lipinski definition) is 2. The van der Waals surface area contributed by atoms with Gasteiger partial charge in [0.05, 0.1) is 6.54 Å². The van der Waals surface area contributed by atoms with E-state index in [-0.39, 0.29) is 5.91 Å². The zero-order valence-corrected chi connectivity index (χ0v) is 18.1. The number of aliphatic imine (C=N–C) groups is 1. The van der Waals surface area contributed by atoms with Crippen molar-refractivity contribution in [3.63, 3.8) is 0 Å². The second kappa shape index (κ2) is 10.5. The average molecular weight is 433 g/mol. The Morgan fingerprint density at radius 3 is 2.59 bits per heavy atom. The van der Waals surface area contributed by atoms with Crippen molar-refractivity contribution in [1.82, 2.24) is 15.5 Å².